The summed E-state index contributed by atoms with van der Waals surface area (Å²) in [6.07, 6.45) is 6.79. The molecule has 0 aliphatic heterocycles. The third kappa shape index (κ3) is 3.85. The van der Waals surface area contributed by atoms with Gasteiger partial charge in [0.1, 0.15) is 5.75 Å². The Labute approximate surface area is 127 Å². The molecule has 21 heavy (non-hydrogen) atoms. The van der Waals surface area contributed by atoms with Crippen molar-refractivity contribution in [3.05, 3.63) is 47.5 Å². The highest BCUT2D eigenvalue weighted by atomic mass is 16.5. The molecule has 1 unspecified atom stereocenters. The van der Waals surface area contributed by atoms with Gasteiger partial charge in [0.15, 0.2) is 0 Å². The zero-order chi connectivity index (χ0) is 15.2. The van der Waals surface area contributed by atoms with E-state index in [1.165, 1.54) is 16.7 Å². The monoisotopic (exact) mass is 287 g/mol. The zero-order valence-electron chi connectivity index (χ0n) is 13.4. The van der Waals surface area contributed by atoms with Crippen molar-refractivity contribution in [2.75, 3.05) is 7.11 Å². The van der Waals surface area contributed by atoms with Crippen molar-refractivity contribution in [2.45, 2.75) is 46.3 Å². The molecule has 1 heterocycles. The largest absolute Gasteiger partial charge is 0.496 e. The third-order valence-electron chi connectivity index (χ3n) is 4.13. The maximum atomic E-state index is 5.37. The lowest BCUT2D eigenvalue weighted by atomic mass is 10.0. The zero-order valence-corrected chi connectivity index (χ0v) is 13.4. The van der Waals surface area contributed by atoms with Crippen LogP contribution in [0.5, 0.6) is 5.75 Å². The highest BCUT2D eigenvalue weighted by Crippen LogP contribution is 2.23. The second-order valence-corrected chi connectivity index (χ2v) is 5.42. The highest BCUT2D eigenvalue weighted by molar-refractivity contribution is 5.43. The number of benzene rings is 1. The number of imidazole rings is 1. The molecule has 0 aliphatic rings. The van der Waals surface area contributed by atoms with Gasteiger partial charge in [0.25, 0.3) is 0 Å². The SMILES string of the molecule is CCC(Cn1ccnc1)NCc1ccc(OC)c(C)c1C. The van der Waals surface area contributed by atoms with Gasteiger partial charge in [0.05, 0.1) is 13.4 Å². The van der Waals surface area contributed by atoms with E-state index in [2.05, 4.69) is 47.8 Å². The quantitative estimate of drug-likeness (QED) is 0.850. The van der Waals surface area contributed by atoms with Crippen LogP contribution < -0.4 is 10.1 Å². The number of rotatable bonds is 7. The van der Waals surface area contributed by atoms with Crippen LogP contribution in [0, 0.1) is 13.8 Å². The maximum Gasteiger partial charge on any atom is 0.122 e. The molecule has 0 spiro atoms. The first kappa shape index (κ1) is 15.6. The molecule has 114 valence electrons. The van der Waals surface area contributed by atoms with E-state index in [-0.39, 0.29) is 0 Å². The summed E-state index contributed by atoms with van der Waals surface area (Å²) in [5.74, 6) is 0.960. The van der Waals surface area contributed by atoms with Crippen LogP contribution >= 0.6 is 0 Å². The molecular weight excluding hydrogens is 262 g/mol. The number of methoxy groups -OCH3 is 1. The van der Waals surface area contributed by atoms with E-state index in [0.29, 0.717) is 6.04 Å². The average molecular weight is 287 g/mol. The summed E-state index contributed by atoms with van der Waals surface area (Å²) in [7, 11) is 1.72. The molecule has 1 aromatic heterocycles. The number of ether oxygens (including phenoxy) is 1. The molecule has 2 aromatic rings. The molecule has 4 heteroatoms. The summed E-state index contributed by atoms with van der Waals surface area (Å²) < 4.78 is 7.49. The highest BCUT2D eigenvalue weighted by Gasteiger charge is 2.10. The predicted octanol–water partition coefficient (Wildman–Crippen LogP) is 3.08. The van der Waals surface area contributed by atoms with Crippen LogP contribution in [0.2, 0.25) is 0 Å². The Morgan fingerprint density at radius 2 is 2.10 bits per heavy atom. The van der Waals surface area contributed by atoms with Crippen molar-refractivity contribution < 1.29 is 4.74 Å². The fourth-order valence-electron chi connectivity index (χ4n) is 2.51. The molecule has 0 bridgehead atoms. The van der Waals surface area contributed by atoms with Gasteiger partial charge in [-0.15, -0.1) is 0 Å². The number of hydrogen-bond donors (Lipinski definition) is 1. The molecule has 2 rings (SSSR count). The van der Waals surface area contributed by atoms with Gasteiger partial charge in [-0.2, -0.15) is 0 Å². The molecule has 1 atom stereocenters. The third-order valence-corrected chi connectivity index (χ3v) is 4.13. The topological polar surface area (TPSA) is 39.1 Å². The first-order valence-corrected chi connectivity index (χ1v) is 7.47. The van der Waals surface area contributed by atoms with Crippen LogP contribution in [0.4, 0.5) is 0 Å². The van der Waals surface area contributed by atoms with Crippen LogP contribution in [0.15, 0.2) is 30.9 Å². The summed E-state index contributed by atoms with van der Waals surface area (Å²) in [6, 6.07) is 4.65. The van der Waals surface area contributed by atoms with Gasteiger partial charge in [-0.3, -0.25) is 0 Å². The predicted molar refractivity (Wildman–Crippen MR) is 85.6 cm³/mol. The Hall–Kier alpha value is -1.81. The minimum atomic E-state index is 0.445. The van der Waals surface area contributed by atoms with Gasteiger partial charge >= 0.3 is 0 Å². The Morgan fingerprint density at radius 3 is 2.71 bits per heavy atom. The van der Waals surface area contributed by atoms with Crippen LogP contribution in [0.3, 0.4) is 0 Å². The number of nitrogens with zero attached hydrogens (tertiary/aromatic N) is 2. The standard InChI is InChI=1S/C17H25N3O/c1-5-16(11-20-9-8-18-12-20)19-10-15-6-7-17(21-4)14(3)13(15)2/h6-9,12,16,19H,5,10-11H2,1-4H3. The molecule has 4 nitrogen and oxygen atoms in total. The van der Waals surface area contributed by atoms with E-state index in [0.717, 1.165) is 25.3 Å². The Kier molecular flexibility index (Phi) is 5.39. The minimum absolute atomic E-state index is 0.445. The van der Waals surface area contributed by atoms with Crippen LogP contribution in [-0.4, -0.2) is 22.7 Å². The average Bonchev–Trinajstić information content (AvgIpc) is 3.00. The van der Waals surface area contributed by atoms with Crippen molar-refractivity contribution in [1.29, 1.82) is 0 Å². The van der Waals surface area contributed by atoms with E-state index < -0.39 is 0 Å². The molecule has 0 radical (unpaired) electrons. The smallest absolute Gasteiger partial charge is 0.122 e. The van der Waals surface area contributed by atoms with Crippen molar-refractivity contribution in [2.24, 2.45) is 0 Å². The number of hydrogen-bond acceptors (Lipinski definition) is 3. The van der Waals surface area contributed by atoms with Crippen molar-refractivity contribution in [3.8, 4) is 5.75 Å². The molecule has 0 saturated carbocycles. The van der Waals surface area contributed by atoms with E-state index in [9.17, 15) is 0 Å². The van der Waals surface area contributed by atoms with Crippen LogP contribution in [0.25, 0.3) is 0 Å². The summed E-state index contributed by atoms with van der Waals surface area (Å²) >= 11 is 0. The van der Waals surface area contributed by atoms with Gasteiger partial charge in [0.2, 0.25) is 0 Å². The van der Waals surface area contributed by atoms with E-state index in [4.69, 9.17) is 4.74 Å². The Bertz CT molecular complexity index is 564. The van der Waals surface area contributed by atoms with Crippen LogP contribution in [-0.2, 0) is 13.1 Å². The Balaban J connectivity index is 1.99. The second-order valence-electron chi connectivity index (χ2n) is 5.42. The van der Waals surface area contributed by atoms with E-state index in [1.807, 2.05) is 18.7 Å². The van der Waals surface area contributed by atoms with Gasteiger partial charge in [-0.1, -0.05) is 13.0 Å². The number of aromatic nitrogens is 2. The fourth-order valence-corrected chi connectivity index (χ4v) is 2.51. The fraction of sp³-hybridized carbons (Fsp3) is 0.471. The molecule has 1 N–H and O–H groups in total. The summed E-state index contributed by atoms with van der Waals surface area (Å²) in [6.45, 7) is 8.31. The molecular formula is C17H25N3O. The van der Waals surface area contributed by atoms with Gasteiger partial charge in [0, 0.05) is 31.5 Å². The normalized spacial score (nSPS) is 12.4. The summed E-state index contributed by atoms with van der Waals surface area (Å²) in [5.41, 5.74) is 3.86. The second kappa shape index (κ2) is 7.27. The molecule has 0 amide bonds. The Morgan fingerprint density at radius 1 is 1.29 bits per heavy atom. The first-order chi connectivity index (χ1) is 10.2. The van der Waals surface area contributed by atoms with Crippen molar-refractivity contribution >= 4 is 0 Å². The first-order valence-electron chi connectivity index (χ1n) is 7.47. The van der Waals surface area contributed by atoms with Crippen molar-refractivity contribution in [3.63, 3.8) is 0 Å². The van der Waals surface area contributed by atoms with E-state index in [1.54, 1.807) is 7.11 Å². The van der Waals surface area contributed by atoms with Crippen LogP contribution in [0.1, 0.15) is 30.0 Å². The summed E-state index contributed by atoms with van der Waals surface area (Å²) in [5, 5.41) is 3.64. The van der Waals surface area contributed by atoms with Gasteiger partial charge < -0.3 is 14.6 Å². The van der Waals surface area contributed by atoms with Gasteiger partial charge in [-0.25, -0.2) is 4.98 Å². The molecule has 1 aromatic carbocycles. The summed E-state index contributed by atoms with van der Waals surface area (Å²) in [4.78, 5) is 4.09. The lowest BCUT2D eigenvalue weighted by Gasteiger charge is -2.19. The molecule has 0 fully saturated rings. The molecule has 0 saturated heterocycles. The number of nitrogens with one attached hydrogen (secondary N) is 1. The molecule has 0 aliphatic carbocycles. The van der Waals surface area contributed by atoms with E-state index >= 15 is 0 Å². The van der Waals surface area contributed by atoms with Crippen molar-refractivity contribution in [1.82, 2.24) is 14.9 Å². The lowest BCUT2D eigenvalue weighted by molar-refractivity contribution is 0.410. The lowest BCUT2D eigenvalue weighted by Crippen LogP contribution is -2.32. The maximum absolute atomic E-state index is 5.37. The minimum Gasteiger partial charge on any atom is -0.496 e. The van der Waals surface area contributed by atoms with Gasteiger partial charge in [-0.05, 0) is 43.0 Å².